The van der Waals surface area contributed by atoms with E-state index in [1.807, 2.05) is 18.2 Å². The van der Waals surface area contributed by atoms with Gasteiger partial charge in [-0.1, -0.05) is 0 Å². The summed E-state index contributed by atoms with van der Waals surface area (Å²) < 4.78 is 16.6. The molecule has 1 aromatic carbocycles. The van der Waals surface area contributed by atoms with Gasteiger partial charge in [0.1, 0.15) is 5.75 Å². The molecule has 1 N–H and O–H groups in total. The van der Waals surface area contributed by atoms with Crippen molar-refractivity contribution in [3.05, 3.63) is 30.3 Å². The highest BCUT2D eigenvalue weighted by Gasteiger charge is 2.24. The second-order valence-corrected chi connectivity index (χ2v) is 8.48. The van der Waals surface area contributed by atoms with Crippen molar-refractivity contribution in [3.63, 3.8) is 0 Å². The minimum Gasteiger partial charge on any atom is -0.496 e. The first-order chi connectivity index (χ1) is 16.5. The summed E-state index contributed by atoms with van der Waals surface area (Å²) in [6, 6.07) is 5.89. The number of aromatic nitrogens is 1. The van der Waals surface area contributed by atoms with E-state index in [0.717, 1.165) is 44.1 Å². The third kappa shape index (κ3) is 6.06. The Hall–Kier alpha value is -3.11. The highest BCUT2D eigenvalue weighted by atomic mass is 16.5. The quantitative estimate of drug-likeness (QED) is 0.612. The molecule has 184 valence electrons. The smallest absolute Gasteiger partial charge is 0.239 e. The summed E-state index contributed by atoms with van der Waals surface area (Å²) in [5.41, 5.74) is 1.79. The summed E-state index contributed by atoms with van der Waals surface area (Å²) in [6.45, 7) is 8.21. The highest BCUT2D eigenvalue weighted by Crippen LogP contribution is 2.34. The van der Waals surface area contributed by atoms with E-state index in [0.29, 0.717) is 50.0 Å². The van der Waals surface area contributed by atoms with Crippen molar-refractivity contribution in [3.8, 4) is 17.1 Å². The van der Waals surface area contributed by atoms with Crippen LogP contribution in [0.25, 0.3) is 11.3 Å². The second-order valence-electron chi connectivity index (χ2n) is 8.48. The van der Waals surface area contributed by atoms with Crippen molar-refractivity contribution in [1.82, 2.24) is 20.1 Å². The highest BCUT2D eigenvalue weighted by molar-refractivity contribution is 5.85. The van der Waals surface area contributed by atoms with Crippen molar-refractivity contribution in [2.45, 2.75) is 13.3 Å². The molecule has 10 heteroatoms. The fraction of sp³-hybridized carbons (Fsp3) is 0.542. The van der Waals surface area contributed by atoms with Crippen LogP contribution in [0.5, 0.6) is 5.75 Å². The molecule has 2 amide bonds. The first kappa shape index (κ1) is 24.0. The van der Waals surface area contributed by atoms with E-state index in [1.165, 1.54) is 0 Å². The number of hydrogen-bond acceptors (Lipinski definition) is 8. The van der Waals surface area contributed by atoms with Crippen LogP contribution in [0, 0.1) is 6.92 Å². The Morgan fingerprint density at radius 2 is 2.00 bits per heavy atom. The fourth-order valence-corrected chi connectivity index (χ4v) is 4.27. The van der Waals surface area contributed by atoms with Crippen LogP contribution in [-0.2, 0) is 14.3 Å². The molecule has 3 heterocycles. The Bertz CT molecular complexity index is 988. The zero-order valence-corrected chi connectivity index (χ0v) is 19.9. The van der Waals surface area contributed by atoms with E-state index in [1.54, 1.807) is 25.1 Å². The summed E-state index contributed by atoms with van der Waals surface area (Å²) >= 11 is 0. The van der Waals surface area contributed by atoms with Crippen LogP contribution in [-0.4, -0.2) is 99.3 Å². The number of carbonyl (C=O) groups is 2. The van der Waals surface area contributed by atoms with Crippen molar-refractivity contribution in [2.24, 2.45) is 0 Å². The Labute approximate surface area is 199 Å². The van der Waals surface area contributed by atoms with Crippen molar-refractivity contribution < 1.29 is 23.5 Å². The van der Waals surface area contributed by atoms with Crippen LogP contribution in [0.4, 0.5) is 5.69 Å². The normalized spacial score (nSPS) is 17.5. The lowest BCUT2D eigenvalue weighted by atomic mass is 10.1. The summed E-state index contributed by atoms with van der Waals surface area (Å²) in [5.74, 6) is 1.80. The van der Waals surface area contributed by atoms with Crippen molar-refractivity contribution in [1.29, 1.82) is 0 Å². The predicted molar refractivity (Wildman–Crippen MR) is 127 cm³/mol. The lowest BCUT2D eigenvalue weighted by molar-refractivity contribution is -0.135. The average Bonchev–Trinajstić information content (AvgIpc) is 3.20. The van der Waals surface area contributed by atoms with Crippen LogP contribution in [0.15, 0.2) is 28.8 Å². The van der Waals surface area contributed by atoms with Gasteiger partial charge in [-0.3, -0.25) is 14.5 Å². The number of morpholine rings is 1. The number of anilines is 1. The number of ether oxygens (including phenoxy) is 2. The Morgan fingerprint density at radius 3 is 2.74 bits per heavy atom. The molecule has 4 rings (SSSR count). The number of aryl methyl sites for hydroxylation is 1. The first-order valence-corrected chi connectivity index (χ1v) is 11.7. The number of methoxy groups -OCH3 is 1. The minimum atomic E-state index is -0.122. The van der Waals surface area contributed by atoms with Gasteiger partial charge >= 0.3 is 0 Å². The van der Waals surface area contributed by atoms with Crippen molar-refractivity contribution in [2.75, 3.05) is 77.6 Å². The molecule has 1 aromatic heterocycles. The van der Waals surface area contributed by atoms with E-state index < -0.39 is 0 Å². The lowest BCUT2D eigenvalue weighted by Gasteiger charge is -2.27. The topological polar surface area (TPSA) is 100 Å². The van der Waals surface area contributed by atoms with Gasteiger partial charge < -0.3 is 29.0 Å². The van der Waals surface area contributed by atoms with Crippen LogP contribution < -0.4 is 15.0 Å². The van der Waals surface area contributed by atoms with Gasteiger partial charge in [-0.2, -0.15) is 0 Å². The van der Waals surface area contributed by atoms with Crippen LogP contribution in [0.3, 0.4) is 0 Å². The maximum Gasteiger partial charge on any atom is 0.239 e. The first-order valence-electron chi connectivity index (χ1n) is 11.7. The minimum absolute atomic E-state index is 0.00782. The van der Waals surface area contributed by atoms with Crippen molar-refractivity contribution >= 4 is 17.5 Å². The number of rotatable bonds is 8. The molecule has 34 heavy (non-hydrogen) atoms. The maximum atomic E-state index is 12.7. The largest absolute Gasteiger partial charge is 0.496 e. The molecule has 0 saturated carbocycles. The van der Waals surface area contributed by atoms with Crippen LogP contribution in [0.2, 0.25) is 0 Å². The number of carbonyl (C=O) groups excluding carboxylic acids is 2. The van der Waals surface area contributed by atoms with Gasteiger partial charge in [0.2, 0.25) is 11.8 Å². The maximum absolute atomic E-state index is 12.7. The molecular weight excluding hydrogens is 438 g/mol. The molecule has 2 aliphatic rings. The van der Waals surface area contributed by atoms with Crippen LogP contribution >= 0.6 is 0 Å². The molecule has 0 spiro atoms. The predicted octanol–water partition coefficient (Wildman–Crippen LogP) is 1.15. The Kier molecular flexibility index (Phi) is 8.02. The fourth-order valence-electron chi connectivity index (χ4n) is 4.27. The van der Waals surface area contributed by atoms with E-state index in [9.17, 15) is 9.59 Å². The van der Waals surface area contributed by atoms with Gasteiger partial charge in [0.05, 0.1) is 38.6 Å². The Balaban J connectivity index is 1.31. The van der Waals surface area contributed by atoms with Gasteiger partial charge in [0.25, 0.3) is 0 Å². The molecule has 10 nitrogen and oxygen atoms in total. The van der Waals surface area contributed by atoms with Gasteiger partial charge in [0.15, 0.2) is 11.7 Å². The number of oxazole rings is 1. The molecule has 0 atom stereocenters. The van der Waals surface area contributed by atoms with E-state index in [4.69, 9.17) is 13.9 Å². The summed E-state index contributed by atoms with van der Waals surface area (Å²) in [4.78, 5) is 35.3. The molecule has 2 aliphatic heterocycles. The molecule has 0 radical (unpaired) electrons. The van der Waals surface area contributed by atoms with E-state index in [-0.39, 0.29) is 18.4 Å². The zero-order valence-electron chi connectivity index (χ0n) is 19.9. The van der Waals surface area contributed by atoms with Gasteiger partial charge in [0, 0.05) is 70.9 Å². The van der Waals surface area contributed by atoms with Gasteiger partial charge in [-0.15, -0.1) is 0 Å². The molecule has 2 aromatic rings. The molecule has 2 fully saturated rings. The third-order valence-corrected chi connectivity index (χ3v) is 6.21. The number of nitrogens with one attached hydrogen (secondary N) is 1. The summed E-state index contributed by atoms with van der Waals surface area (Å²) in [7, 11) is 1.62. The van der Waals surface area contributed by atoms with Gasteiger partial charge in [-0.25, -0.2) is 4.98 Å². The van der Waals surface area contributed by atoms with E-state index >= 15 is 0 Å². The molecular formula is C24H33N5O5. The van der Waals surface area contributed by atoms with Gasteiger partial charge in [-0.05, 0) is 12.1 Å². The Morgan fingerprint density at radius 1 is 1.18 bits per heavy atom. The lowest BCUT2D eigenvalue weighted by Crippen LogP contribution is -2.45. The average molecular weight is 472 g/mol. The summed E-state index contributed by atoms with van der Waals surface area (Å²) in [6.07, 6.45) is 2.04. The molecule has 0 aliphatic carbocycles. The number of amides is 2. The summed E-state index contributed by atoms with van der Waals surface area (Å²) in [5, 5.41) is 2.94. The third-order valence-electron chi connectivity index (χ3n) is 6.21. The number of nitrogens with zero attached hydrogens (tertiary/aromatic N) is 4. The second kappa shape index (κ2) is 11.3. The monoisotopic (exact) mass is 471 g/mol. The molecule has 0 bridgehead atoms. The zero-order chi connectivity index (χ0) is 23.9. The molecule has 0 unspecified atom stereocenters. The number of benzene rings is 1. The van der Waals surface area contributed by atoms with E-state index in [2.05, 4.69) is 20.1 Å². The molecule has 2 saturated heterocycles. The SMILES string of the molecule is COc1cc(N2CCC(=O)N(CC(=O)NCCN3CCOCC3)CC2)ccc1-c1cnc(C)o1. The number of hydrogen-bond donors (Lipinski definition) is 1. The van der Waals surface area contributed by atoms with Crippen LogP contribution in [0.1, 0.15) is 12.3 Å². The standard InChI is InChI=1S/C24H33N5O5/c1-18-26-16-22(34-18)20-4-3-19(15-21(20)32-2)28-7-5-24(31)29(10-9-28)17-23(30)25-6-8-27-11-13-33-14-12-27/h3-4,15-16H,5-14,17H2,1-2H3,(H,25,30).